The summed E-state index contributed by atoms with van der Waals surface area (Å²) in [5, 5.41) is 11.6. The van der Waals surface area contributed by atoms with Crippen LogP contribution in [0.15, 0.2) is 48.0 Å². The highest BCUT2D eigenvalue weighted by Gasteiger charge is 2.34. The van der Waals surface area contributed by atoms with Crippen molar-refractivity contribution in [3.05, 3.63) is 59.2 Å². The van der Waals surface area contributed by atoms with Crippen molar-refractivity contribution < 1.29 is 24.2 Å². The van der Waals surface area contributed by atoms with Crippen LogP contribution in [0.25, 0.3) is 6.08 Å². The van der Waals surface area contributed by atoms with Gasteiger partial charge in [0.05, 0.1) is 18.4 Å². The average Bonchev–Trinajstić information content (AvgIpc) is 2.82. The van der Waals surface area contributed by atoms with Gasteiger partial charge >= 0.3 is 5.97 Å². The van der Waals surface area contributed by atoms with Gasteiger partial charge in [0.1, 0.15) is 11.3 Å². The first kappa shape index (κ1) is 22.5. The predicted octanol–water partition coefficient (Wildman–Crippen LogP) is 3.22. The quantitative estimate of drug-likeness (QED) is 0.397. The van der Waals surface area contributed by atoms with Gasteiger partial charge in [-0.15, -0.1) is 0 Å². The molecule has 0 saturated carbocycles. The molecule has 33 heavy (non-hydrogen) atoms. The lowest BCUT2D eigenvalue weighted by atomic mass is 10.0. The smallest absolute Gasteiger partial charge is 0.335 e. The number of amides is 2. The highest BCUT2D eigenvalue weighted by Crippen LogP contribution is 2.30. The molecule has 170 valence electrons. The van der Waals surface area contributed by atoms with Gasteiger partial charge in [-0.1, -0.05) is 0 Å². The summed E-state index contributed by atoms with van der Waals surface area (Å²) in [4.78, 5) is 40.4. The van der Waals surface area contributed by atoms with Crippen LogP contribution in [0.1, 0.15) is 35.2 Å². The number of hydrogen-bond donors (Lipinski definition) is 2. The minimum atomic E-state index is -1.08. The van der Waals surface area contributed by atoms with Crippen LogP contribution in [-0.4, -0.2) is 48.2 Å². The summed E-state index contributed by atoms with van der Waals surface area (Å²) in [5.74, 6) is -1.74. The van der Waals surface area contributed by atoms with Crippen LogP contribution in [-0.2, 0) is 9.59 Å². The number of carbonyl (C=O) groups is 3. The van der Waals surface area contributed by atoms with E-state index in [0.717, 1.165) is 31.6 Å². The number of rotatable bonds is 5. The van der Waals surface area contributed by atoms with E-state index in [1.807, 2.05) is 18.2 Å². The summed E-state index contributed by atoms with van der Waals surface area (Å²) in [6.07, 6.45) is 5.00. The third-order valence-corrected chi connectivity index (χ3v) is 6.00. The largest absolute Gasteiger partial charge is 0.496 e. The van der Waals surface area contributed by atoms with Crippen molar-refractivity contribution in [1.82, 2.24) is 5.32 Å². The van der Waals surface area contributed by atoms with Gasteiger partial charge in [-0.3, -0.25) is 19.8 Å². The van der Waals surface area contributed by atoms with Crippen LogP contribution in [0.4, 0.5) is 11.4 Å². The van der Waals surface area contributed by atoms with Gasteiger partial charge in [-0.2, -0.15) is 0 Å². The van der Waals surface area contributed by atoms with Crippen molar-refractivity contribution in [1.29, 1.82) is 0 Å². The Morgan fingerprint density at radius 1 is 1.06 bits per heavy atom. The summed E-state index contributed by atoms with van der Waals surface area (Å²) in [7, 11) is 1.55. The fourth-order valence-corrected chi connectivity index (χ4v) is 4.25. The number of carboxylic acid groups (broad SMARTS) is 1. The number of carbonyl (C=O) groups excluding carboxylic acids is 2. The van der Waals surface area contributed by atoms with Gasteiger partial charge in [0, 0.05) is 30.4 Å². The van der Waals surface area contributed by atoms with Gasteiger partial charge in [0.25, 0.3) is 11.8 Å². The molecule has 2 aliphatic rings. The summed E-state index contributed by atoms with van der Waals surface area (Å²) in [6.45, 7) is 1.97. The SMILES string of the molecule is COc1cc(N2CCCCC2)ccc1/C=C1\C(=O)NC(=S)N(c2ccc(C(=O)O)cc2)C1=O. The molecule has 2 amide bonds. The number of benzene rings is 2. The van der Waals surface area contributed by atoms with Crippen LogP contribution >= 0.6 is 12.2 Å². The summed E-state index contributed by atoms with van der Waals surface area (Å²) in [5.41, 5.74) is 1.95. The molecule has 0 aromatic heterocycles. The van der Waals surface area contributed by atoms with Crippen molar-refractivity contribution in [3.63, 3.8) is 0 Å². The molecule has 0 atom stereocenters. The molecule has 0 bridgehead atoms. The third-order valence-electron chi connectivity index (χ3n) is 5.71. The zero-order chi connectivity index (χ0) is 23.5. The van der Waals surface area contributed by atoms with Crippen LogP contribution in [0, 0.1) is 0 Å². The number of nitrogens with zero attached hydrogens (tertiary/aromatic N) is 2. The highest BCUT2D eigenvalue weighted by molar-refractivity contribution is 7.80. The minimum absolute atomic E-state index is 0.0716. The molecule has 0 unspecified atom stereocenters. The standard InChI is InChI=1S/C24H23N3O5S/c1-32-20-14-18(26-11-3-2-4-12-26)10-7-16(20)13-19-21(28)25-24(33)27(22(19)29)17-8-5-15(6-9-17)23(30)31/h5-10,13-14H,2-4,11-12H2,1H3,(H,30,31)(H,25,28,33)/b19-13+. The third kappa shape index (κ3) is 4.58. The maximum absolute atomic E-state index is 13.2. The molecule has 2 aromatic carbocycles. The van der Waals surface area contributed by atoms with Gasteiger partial charge in [-0.05, 0) is 74.0 Å². The average molecular weight is 466 g/mol. The van der Waals surface area contributed by atoms with Crippen molar-refractivity contribution in [2.45, 2.75) is 19.3 Å². The first-order valence-corrected chi connectivity index (χ1v) is 11.0. The summed E-state index contributed by atoms with van der Waals surface area (Å²) >= 11 is 5.20. The van der Waals surface area contributed by atoms with E-state index in [2.05, 4.69) is 10.2 Å². The molecule has 9 heteroatoms. The summed E-state index contributed by atoms with van der Waals surface area (Å²) in [6, 6.07) is 11.4. The molecule has 2 aromatic rings. The molecule has 8 nitrogen and oxygen atoms in total. The number of ether oxygens (including phenoxy) is 1. The Morgan fingerprint density at radius 3 is 2.36 bits per heavy atom. The molecule has 2 N–H and O–H groups in total. The number of nitrogens with one attached hydrogen (secondary N) is 1. The maximum Gasteiger partial charge on any atom is 0.335 e. The van der Waals surface area contributed by atoms with Crippen LogP contribution in [0.2, 0.25) is 0 Å². The Balaban J connectivity index is 1.66. The molecule has 2 heterocycles. The second-order valence-corrected chi connectivity index (χ2v) is 8.17. The Labute approximate surface area is 196 Å². The lowest BCUT2D eigenvalue weighted by Crippen LogP contribution is -2.54. The monoisotopic (exact) mass is 465 g/mol. The first-order chi connectivity index (χ1) is 15.9. The fraction of sp³-hybridized carbons (Fsp3) is 0.250. The molecule has 0 radical (unpaired) electrons. The Morgan fingerprint density at radius 2 is 1.73 bits per heavy atom. The number of hydrogen-bond acceptors (Lipinski definition) is 6. The number of thiocarbonyl (C=S) groups is 1. The molecule has 4 rings (SSSR count). The van der Waals surface area contributed by atoms with Gasteiger partial charge in [0.15, 0.2) is 5.11 Å². The van der Waals surface area contributed by atoms with Crippen molar-refractivity contribution in [2.24, 2.45) is 0 Å². The van der Waals surface area contributed by atoms with E-state index >= 15 is 0 Å². The lowest BCUT2D eigenvalue weighted by Gasteiger charge is -2.30. The topological polar surface area (TPSA) is 99.2 Å². The Bertz CT molecular complexity index is 1150. The van der Waals surface area contributed by atoms with Gasteiger partial charge < -0.3 is 14.7 Å². The van der Waals surface area contributed by atoms with Crippen LogP contribution in [0.3, 0.4) is 0 Å². The second-order valence-electron chi connectivity index (χ2n) is 7.78. The molecule has 2 aliphatic heterocycles. The van der Waals surface area contributed by atoms with E-state index in [-0.39, 0.29) is 16.2 Å². The fourth-order valence-electron chi connectivity index (χ4n) is 3.97. The second kappa shape index (κ2) is 9.41. The molecular formula is C24H23N3O5S. The van der Waals surface area contributed by atoms with E-state index in [4.69, 9.17) is 22.1 Å². The normalized spacial score (nSPS) is 17.8. The molecular weight excluding hydrogens is 442 g/mol. The zero-order valence-corrected chi connectivity index (χ0v) is 18.9. The molecule has 0 spiro atoms. The number of aromatic carboxylic acids is 1. The lowest BCUT2D eigenvalue weighted by molar-refractivity contribution is -0.122. The number of carboxylic acids is 1. The Kier molecular flexibility index (Phi) is 6.41. The summed E-state index contributed by atoms with van der Waals surface area (Å²) < 4.78 is 5.55. The Hall–Kier alpha value is -3.72. The van der Waals surface area contributed by atoms with Gasteiger partial charge in [0.2, 0.25) is 0 Å². The van der Waals surface area contributed by atoms with E-state index < -0.39 is 17.8 Å². The van der Waals surface area contributed by atoms with Crippen LogP contribution in [0.5, 0.6) is 5.75 Å². The number of methoxy groups -OCH3 is 1. The van der Waals surface area contributed by atoms with Crippen molar-refractivity contribution in [3.8, 4) is 5.75 Å². The van der Waals surface area contributed by atoms with Crippen molar-refractivity contribution >= 4 is 52.6 Å². The minimum Gasteiger partial charge on any atom is -0.496 e. The molecule has 0 aliphatic carbocycles. The van der Waals surface area contributed by atoms with Crippen LogP contribution < -0.4 is 19.9 Å². The molecule has 2 fully saturated rings. The first-order valence-electron chi connectivity index (χ1n) is 10.6. The highest BCUT2D eigenvalue weighted by atomic mass is 32.1. The number of anilines is 2. The number of piperidine rings is 1. The van der Waals surface area contributed by atoms with E-state index in [1.165, 1.54) is 41.7 Å². The van der Waals surface area contributed by atoms with E-state index in [0.29, 0.717) is 17.0 Å². The van der Waals surface area contributed by atoms with E-state index in [9.17, 15) is 14.4 Å². The molecule has 2 saturated heterocycles. The predicted molar refractivity (Wildman–Crippen MR) is 129 cm³/mol. The maximum atomic E-state index is 13.2. The van der Waals surface area contributed by atoms with E-state index in [1.54, 1.807) is 7.11 Å². The zero-order valence-electron chi connectivity index (χ0n) is 18.0. The van der Waals surface area contributed by atoms with Gasteiger partial charge in [-0.25, -0.2) is 4.79 Å². The van der Waals surface area contributed by atoms with Crippen molar-refractivity contribution in [2.75, 3.05) is 30.0 Å².